The Labute approximate surface area is 391 Å². The van der Waals surface area contributed by atoms with E-state index in [0.717, 1.165) is 100 Å². The summed E-state index contributed by atoms with van der Waals surface area (Å²) in [5.74, 6) is 0. The minimum absolute atomic E-state index is 0.877. The van der Waals surface area contributed by atoms with Gasteiger partial charge in [-0.2, -0.15) is 0 Å². The third kappa shape index (κ3) is 6.15. The van der Waals surface area contributed by atoms with Crippen molar-refractivity contribution >= 4 is 93.5 Å². The molecule has 0 saturated heterocycles. The molecule has 4 heteroatoms. The van der Waals surface area contributed by atoms with E-state index >= 15 is 0 Å². The number of furan rings is 2. The van der Waals surface area contributed by atoms with Gasteiger partial charge in [0.15, 0.2) is 0 Å². The Hall–Kier alpha value is -9.12. The average molecular weight is 869 g/mol. The van der Waals surface area contributed by atoms with Gasteiger partial charge in [0.25, 0.3) is 0 Å². The molecule has 0 amide bonds. The van der Waals surface area contributed by atoms with Crippen molar-refractivity contribution in [3.63, 3.8) is 0 Å². The Morgan fingerprint density at radius 3 is 1.56 bits per heavy atom. The molecule has 11 aromatic carbocycles. The number of hydrogen-bond donors (Lipinski definition) is 0. The number of hydrogen-bond acceptors (Lipinski definition) is 3. The molecule has 0 radical (unpaired) electrons. The first-order valence-electron chi connectivity index (χ1n) is 23.1. The summed E-state index contributed by atoms with van der Waals surface area (Å²) in [5, 5.41) is 9.35. The zero-order valence-corrected chi connectivity index (χ0v) is 36.8. The van der Waals surface area contributed by atoms with E-state index in [2.05, 4.69) is 240 Å². The number of anilines is 3. The molecule has 0 unspecified atom stereocenters. The lowest BCUT2D eigenvalue weighted by Crippen LogP contribution is -2.11. The van der Waals surface area contributed by atoms with Crippen LogP contribution in [0.2, 0.25) is 0 Å². The Bertz CT molecular complexity index is 4210. The predicted molar refractivity (Wildman–Crippen MR) is 284 cm³/mol. The maximum Gasteiger partial charge on any atom is 0.136 e. The van der Waals surface area contributed by atoms with Gasteiger partial charge in [-0.25, -0.2) is 0 Å². The second kappa shape index (κ2) is 15.2. The van der Waals surface area contributed by atoms with E-state index in [0.29, 0.717) is 0 Å². The van der Waals surface area contributed by atoms with Crippen molar-refractivity contribution in [3.05, 3.63) is 243 Å². The van der Waals surface area contributed by atoms with Gasteiger partial charge in [0.05, 0.1) is 16.7 Å². The van der Waals surface area contributed by atoms with Crippen LogP contribution in [0.5, 0.6) is 0 Å². The van der Waals surface area contributed by atoms with E-state index in [4.69, 9.17) is 8.83 Å². The molecule has 4 nitrogen and oxygen atoms in total. The van der Waals surface area contributed by atoms with Crippen molar-refractivity contribution in [3.8, 4) is 39.1 Å². The quantitative estimate of drug-likeness (QED) is 0.160. The molecule has 14 rings (SSSR count). The summed E-state index contributed by atoms with van der Waals surface area (Å²) in [6, 6.07) is 87.1. The van der Waals surface area contributed by atoms with Crippen LogP contribution in [0.4, 0.5) is 17.1 Å². The van der Waals surface area contributed by atoms with E-state index in [1.54, 1.807) is 0 Å². The molecule has 0 fully saturated rings. The standard InChI is InChI=1S/C64H40N2O2/c1-2-13-45-39-64-57(37-44(45)12-1)56-38-47(29-35-62(56)68-64)51-16-3-7-20-58(51)65(49-32-26-42(27-33-49)46-28-34-55-54-19-6-10-23-61(54)67-63(55)40-46)48-30-24-41(25-31-48)43-14-11-15-50(36-43)66-59-21-8-4-17-52(59)53-18-5-9-22-60(53)66/h1-40H. The van der Waals surface area contributed by atoms with Crippen molar-refractivity contribution in [2.75, 3.05) is 4.90 Å². The van der Waals surface area contributed by atoms with Crippen molar-refractivity contribution < 1.29 is 8.83 Å². The van der Waals surface area contributed by atoms with Gasteiger partial charge in [-0.05, 0) is 136 Å². The molecule has 14 aromatic rings. The van der Waals surface area contributed by atoms with Gasteiger partial charge in [0.1, 0.15) is 22.3 Å². The summed E-state index contributed by atoms with van der Waals surface area (Å²) in [5.41, 5.74) is 17.0. The fraction of sp³-hybridized carbons (Fsp3) is 0. The summed E-state index contributed by atoms with van der Waals surface area (Å²) < 4.78 is 15.1. The molecular formula is C64H40N2O2. The smallest absolute Gasteiger partial charge is 0.136 e. The van der Waals surface area contributed by atoms with E-state index in [1.807, 2.05) is 12.1 Å². The molecule has 3 aromatic heterocycles. The van der Waals surface area contributed by atoms with Crippen LogP contribution in [-0.2, 0) is 0 Å². The molecular weight excluding hydrogens is 829 g/mol. The second-order valence-electron chi connectivity index (χ2n) is 17.7. The molecule has 0 aliphatic carbocycles. The Balaban J connectivity index is 0.883. The van der Waals surface area contributed by atoms with Crippen molar-refractivity contribution in [2.24, 2.45) is 0 Å². The molecule has 0 spiro atoms. The summed E-state index contributed by atoms with van der Waals surface area (Å²) in [7, 11) is 0. The molecule has 3 heterocycles. The van der Waals surface area contributed by atoms with Gasteiger partial charge in [-0.1, -0.05) is 146 Å². The fourth-order valence-corrected chi connectivity index (χ4v) is 10.5. The van der Waals surface area contributed by atoms with Crippen LogP contribution in [0.1, 0.15) is 0 Å². The van der Waals surface area contributed by atoms with Gasteiger partial charge in [-0.15, -0.1) is 0 Å². The van der Waals surface area contributed by atoms with Gasteiger partial charge >= 0.3 is 0 Å². The molecule has 0 bridgehead atoms. The Morgan fingerprint density at radius 2 is 0.824 bits per heavy atom. The van der Waals surface area contributed by atoms with Gasteiger partial charge < -0.3 is 18.3 Å². The van der Waals surface area contributed by atoms with E-state index in [-0.39, 0.29) is 0 Å². The summed E-state index contributed by atoms with van der Waals surface area (Å²) in [6.07, 6.45) is 0. The van der Waals surface area contributed by atoms with Gasteiger partial charge in [-0.3, -0.25) is 0 Å². The molecule has 68 heavy (non-hydrogen) atoms. The van der Waals surface area contributed by atoms with Crippen LogP contribution in [0.25, 0.3) is 116 Å². The van der Waals surface area contributed by atoms with E-state index in [1.165, 1.54) is 32.6 Å². The number of para-hydroxylation sites is 4. The number of aromatic nitrogens is 1. The fourth-order valence-electron chi connectivity index (χ4n) is 10.5. The van der Waals surface area contributed by atoms with Gasteiger partial charge in [0.2, 0.25) is 0 Å². The van der Waals surface area contributed by atoms with Crippen LogP contribution in [0, 0.1) is 0 Å². The summed E-state index contributed by atoms with van der Waals surface area (Å²) in [6.45, 7) is 0. The number of benzene rings is 11. The normalized spacial score (nSPS) is 11.8. The average Bonchev–Trinajstić information content (AvgIpc) is 4.07. The van der Waals surface area contributed by atoms with Crippen LogP contribution < -0.4 is 4.90 Å². The van der Waals surface area contributed by atoms with Crippen LogP contribution >= 0.6 is 0 Å². The number of nitrogens with zero attached hydrogens (tertiary/aromatic N) is 2. The third-order valence-corrected chi connectivity index (χ3v) is 13.8. The molecule has 0 N–H and O–H groups in total. The maximum absolute atomic E-state index is 6.45. The Kier molecular flexibility index (Phi) is 8.55. The highest BCUT2D eigenvalue weighted by Gasteiger charge is 2.20. The predicted octanol–water partition coefficient (Wildman–Crippen LogP) is 18.2. The lowest BCUT2D eigenvalue weighted by molar-refractivity contribution is 0.669. The lowest BCUT2D eigenvalue weighted by Gasteiger charge is -2.28. The van der Waals surface area contributed by atoms with Crippen LogP contribution in [0.15, 0.2) is 251 Å². The minimum atomic E-state index is 0.877. The molecule has 0 aliphatic rings. The summed E-state index contributed by atoms with van der Waals surface area (Å²) in [4.78, 5) is 2.38. The zero-order valence-electron chi connectivity index (χ0n) is 36.8. The monoisotopic (exact) mass is 868 g/mol. The second-order valence-corrected chi connectivity index (χ2v) is 17.7. The van der Waals surface area contributed by atoms with Crippen molar-refractivity contribution in [1.29, 1.82) is 0 Å². The van der Waals surface area contributed by atoms with Crippen LogP contribution in [-0.4, -0.2) is 4.57 Å². The molecule has 0 aliphatic heterocycles. The first-order chi connectivity index (χ1) is 33.7. The highest BCUT2D eigenvalue weighted by atomic mass is 16.3. The van der Waals surface area contributed by atoms with Crippen molar-refractivity contribution in [1.82, 2.24) is 4.57 Å². The van der Waals surface area contributed by atoms with Crippen molar-refractivity contribution in [2.45, 2.75) is 0 Å². The SMILES string of the molecule is c1cc(-c2ccc(N(c3ccc(-c4ccc5c(c4)oc4ccccc45)cc3)c3ccccc3-c3ccc4oc5cc6ccccc6cc5c4c3)cc2)cc(-n2c3ccccc3c3ccccc32)c1. The largest absolute Gasteiger partial charge is 0.456 e. The highest BCUT2D eigenvalue weighted by molar-refractivity contribution is 6.12. The molecule has 0 atom stereocenters. The van der Waals surface area contributed by atoms with E-state index < -0.39 is 0 Å². The van der Waals surface area contributed by atoms with Gasteiger partial charge in [0, 0.05) is 54.9 Å². The summed E-state index contributed by atoms with van der Waals surface area (Å²) >= 11 is 0. The van der Waals surface area contributed by atoms with E-state index in [9.17, 15) is 0 Å². The Morgan fingerprint density at radius 1 is 0.294 bits per heavy atom. The first-order valence-corrected chi connectivity index (χ1v) is 23.1. The number of fused-ring (bicyclic) bond motifs is 10. The number of rotatable bonds is 7. The molecule has 318 valence electrons. The highest BCUT2D eigenvalue weighted by Crippen LogP contribution is 2.44. The first kappa shape index (κ1) is 38.2. The minimum Gasteiger partial charge on any atom is -0.456 e. The molecule has 0 saturated carbocycles. The topological polar surface area (TPSA) is 34.5 Å². The lowest BCUT2D eigenvalue weighted by atomic mass is 9.98. The zero-order chi connectivity index (χ0) is 44.7. The maximum atomic E-state index is 6.45. The van der Waals surface area contributed by atoms with Crippen LogP contribution in [0.3, 0.4) is 0 Å². The third-order valence-electron chi connectivity index (χ3n) is 13.8.